The van der Waals surface area contributed by atoms with Gasteiger partial charge in [-0.05, 0) is 38.5 Å². The van der Waals surface area contributed by atoms with Crippen molar-refractivity contribution in [1.82, 2.24) is 10.2 Å². The van der Waals surface area contributed by atoms with Gasteiger partial charge in [0.15, 0.2) is 0 Å². The number of rotatable bonds is 4. The molecule has 1 aliphatic heterocycles. The second-order valence-corrected chi connectivity index (χ2v) is 6.35. The third-order valence-electron chi connectivity index (χ3n) is 4.07. The van der Waals surface area contributed by atoms with Crippen molar-refractivity contribution >= 4 is 6.03 Å². The summed E-state index contributed by atoms with van der Waals surface area (Å²) in [5.41, 5.74) is -0.476. The number of carbonyl (C=O) groups is 1. The molecule has 2 amide bonds. The fraction of sp³-hybridized carbons (Fsp3) is 0.562. The topological polar surface area (TPSA) is 61.8 Å². The summed E-state index contributed by atoms with van der Waals surface area (Å²) in [6.07, 6.45) is -0.606. The minimum Gasteiger partial charge on any atom is -0.391 e. The van der Waals surface area contributed by atoms with E-state index in [0.717, 1.165) is 18.2 Å². The fourth-order valence-corrected chi connectivity index (χ4v) is 2.57. The molecule has 0 bridgehead atoms. The van der Waals surface area contributed by atoms with Crippen molar-refractivity contribution in [3.05, 3.63) is 35.4 Å². The van der Waals surface area contributed by atoms with Gasteiger partial charge in [-0.25, -0.2) is 13.6 Å². The molecule has 0 unspecified atom stereocenters. The summed E-state index contributed by atoms with van der Waals surface area (Å²) >= 11 is 0. The number of hydrogen-bond acceptors (Lipinski definition) is 3. The molecule has 2 rings (SSSR count). The molecule has 0 radical (unpaired) electrons. The Morgan fingerprint density at radius 2 is 2.17 bits per heavy atom. The number of benzene rings is 1. The van der Waals surface area contributed by atoms with Crippen LogP contribution in [0.4, 0.5) is 13.6 Å². The number of aliphatic hydroxyl groups is 1. The zero-order valence-electron chi connectivity index (χ0n) is 13.5. The first-order valence-corrected chi connectivity index (χ1v) is 7.46. The zero-order valence-corrected chi connectivity index (χ0v) is 13.5. The van der Waals surface area contributed by atoms with Gasteiger partial charge in [0.25, 0.3) is 0 Å². The highest BCUT2D eigenvalue weighted by atomic mass is 19.1. The number of nitrogens with one attached hydrogen (secondary N) is 1. The van der Waals surface area contributed by atoms with Crippen LogP contribution in [0.3, 0.4) is 0 Å². The number of likely N-dealkylation sites (tertiary alicyclic amines) is 1. The second-order valence-electron chi connectivity index (χ2n) is 6.35. The van der Waals surface area contributed by atoms with Gasteiger partial charge in [0.05, 0.1) is 17.7 Å². The van der Waals surface area contributed by atoms with E-state index in [1.54, 1.807) is 0 Å². The molecule has 23 heavy (non-hydrogen) atoms. The molecule has 128 valence electrons. The normalized spacial score (nSPS) is 21.6. The molecule has 1 saturated heterocycles. The van der Waals surface area contributed by atoms with Crippen LogP contribution in [0.2, 0.25) is 0 Å². The largest absolute Gasteiger partial charge is 0.391 e. The number of aliphatic hydroxyl groups excluding tert-OH is 1. The van der Waals surface area contributed by atoms with Crippen LogP contribution in [-0.2, 0) is 4.74 Å². The standard InChI is InChI=1S/C16H22F2N2O3/c1-16(2,23-3)9-19-15(22)20-8-11(21)7-14(20)12-6-10(17)4-5-13(12)18/h4-6,11,14,21H,7-9H2,1-3H3,(H,19,22)/t11-,14-/m0/s1. The highest BCUT2D eigenvalue weighted by Crippen LogP contribution is 2.34. The number of methoxy groups -OCH3 is 1. The lowest BCUT2D eigenvalue weighted by atomic mass is 10.0. The van der Waals surface area contributed by atoms with Crippen LogP contribution in [0.1, 0.15) is 31.9 Å². The number of hydrogen-bond donors (Lipinski definition) is 2. The minimum atomic E-state index is -0.774. The summed E-state index contributed by atoms with van der Waals surface area (Å²) in [4.78, 5) is 13.7. The van der Waals surface area contributed by atoms with Gasteiger partial charge in [-0.2, -0.15) is 0 Å². The van der Waals surface area contributed by atoms with Crippen LogP contribution < -0.4 is 5.32 Å². The van der Waals surface area contributed by atoms with Crippen molar-refractivity contribution in [3.63, 3.8) is 0 Å². The number of urea groups is 1. The van der Waals surface area contributed by atoms with E-state index in [0.29, 0.717) is 0 Å². The molecule has 1 heterocycles. The average Bonchev–Trinajstić information content (AvgIpc) is 2.89. The molecule has 5 nitrogen and oxygen atoms in total. The van der Waals surface area contributed by atoms with Gasteiger partial charge in [-0.1, -0.05) is 0 Å². The van der Waals surface area contributed by atoms with Gasteiger partial charge in [-0.3, -0.25) is 0 Å². The van der Waals surface area contributed by atoms with E-state index < -0.39 is 35.4 Å². The molecular weight excluding hydrogens is 306 g/mol. The number of nitrogens with zero attached hydrogens (tertiary/aromatic N) is 1. The predicted octanol–water partition coefficient (Wildman–Crippen LogP) is 2.21. The first-order valence-electron chi connectivity index (χ1n) is 7.46. The van der Waals surface area contributed by atoms with E-state index in [-0.39, 0.29) is 25.1 Å². The minimum absolute atomic E-state index is 0.0693. The highest BCUT2D eigenvalue weighted by Gasteiger charge is 2.37. The Labute approximate surface area is 134 Å². The van der Waals surface area contributed by atoms with E-state index in [1.165, 1.54) is 12.0 Å². The van der Waals surface area contributed by atoms with Crippen molar-refractivity contribution in [2.75, 3.05) is 20.2 Å². The Hall–Kier alpha value is -1.73. The Morgan fingerprint density at radius 1 is 1.48 bits per heavy atom. The van der Waals surface area contributed by atoms with Crippen LogP contribution >= 0.6 is 0 Å². The van der Waals surface area contributed by atoms with Gasteiger partial charge >= 0.3 is 6.03 Å². The lowest BCUT2D eigenvalue weighted by Crippen LogP contribution is -2.46. The van der Waals surface area contributed by atoms with E-state index in [9.17, 15) is 18.7 Å². The molecule has 2 atom stereocenters. The molecule has 0 aliphatic carbocycles. The molecule has 1 fully saturated rings. The Kier molecular flexibility index (Phi) is 5.21. The molecule has 1 aliphatic rings. The van der Waals surface area contributed by atoms with E-state index >= 15 is 0 Å². The van der Waals surface area contributed by atoms with Crippen LogP contribution in [0.25, 0.3) is 0 Å². The summed E-state index contributed by atoms with van der Waals surface area (Å²) in [6, 6.07) is 1.97. The Bertz CT molecular complexity index is 580. The summed E-state index contributed by atoms with van der Waals surface area (Å²) in [7, 11) is 1.54. The Balaban J connectivity index is 2.16. The molecule has 7 heteroatoms. The molecule has 0 spiro atoms. The predicted molar refractivity (Wildman–Crippen MR) is 80.9 cm³/mol. The van der Waals surface area contributed by atoms with Crippen LogP contribution in [-0.4, -0.2) is 47.9 Å². The molecule has 2 N–H and O–H groups in total. The van der Waals surface area contributed by atoms with Gasteiger partial charge in [-0.15, -0.1) is 0 Å². The van der Waals surface area contributed by atoms with E-state index in [1.807, 2.05) is 13.8 Å². The summed E-state index contributed by atoms with van der Waals surface area (Å²) in [6.45, 7) is 3.96. The van der Waals surface area contributed by atoms with Crippen LogP contribution in [0, 0.1) is 11.6 Å². The average molecular weight is 328 g/mol. The fourth-order valence-electron chi connectivity index (χ4n) is 2.57. The monoisotopic (exact) mass is 328 g/mol. The molecule has 1 aromatic rings. The first-order chi connectivity index (χ1) is 10.7. The number of ether oxygens (including phenoxy) is 1. The van der Waals surface area contributed by atoms with Crippen molar-refractivity contribution in [1.29, 1.82) is 0 Å². The maximum Gasteiger partial charge on any atom is 0.318 e. The van der Waals surface area contributed by atoms with Crippen LogP contribution in [0.5, 0.6) is 0 Å². The molecule has 1 aromatic carbocycles. The lowest BCUT2D eigenvalue weighted by molar-refractivity contribution is 0.0241. The van der Waals surface area contributed by atoms with E-state index in [2.05, 4.69) is 5.32 Å². The summed E-state index contributed by atoms with van der Waals surface area (Å²) in [5, 5.41) is 12.6. The summed E-state index contributed by atoms with van der Waals surface area (Å²) in [5.74, 6) is -1.18. The van der Waals surface area contributed by atoms with Gasteiger partial charge in [0, 0.05) is 25.8 Å². The maximum atomic E-state index is 14.0. The van der Waals surface area contributed by atoms with Gasteiger partial charge < -0.3 is 20.1 Å². The SMILES string of the molecule is COC(C)(C)CNC(=O)N1C[C@@H](O)C[C@H]1c1cc(F)ccc1F. The number of β-amino-alcohol motifs (C(OH)–C–C–N with tert-alkyl or cyclic N) is 1. The first kappa shape index (κ1) is 17.6. The maximum absolute atomic E-state index is 14.0. The van der Waals surface area contributed by atoms with Gasteiger partial charge in [0.1, 0.15) is 11.6 Å². The third kappa shape index (κ3) is 4.17. The van der Waals surface area contributed by atoms with Crippen molar-refractivity contribution in [3.8, 4) is 0 Å². The van der Waals surface area contributed by atoms with Crippen molar-refractivity contribution < 1.29 is 23.4 Å². The lowest BCUT2D eigenvalue weighted by Gasteiger charge is -2.28. The van der Waals surface area contributed by atoms with Crippen molar-refractivity contribution in [2.45, 2.75) is 38.0 Å². The van der Waals surface area contributed by atoms with Crippen molar-refractivity contribution in [2.24, 2.45) is 0 Å². The smallest absolute Gasteiger partial charge is 0.318 e. The second kappa shape index (κ2) is 6.80. The molecular formula is C16H22F2N2O3. The van der Waals surface area contributed by atoms with E-state index in [4.69, 9.17) is 4.74 Å². The van der Waals surface area contributed by atoms with Gasteiger partial charge in [0.2, 0.25) is 0 Å². The summed E-state index contributed by atoms with van der Waals surface area (Å²) < 4.78 is 32.6. The number of amides is 2. The highest BCUT2D eigenvalue weighted by molar-refractivity contribution is 5.75. The molecule has 0 saturated carbocycles. The molecule has 0 aromatic heterocycles. The zero-order chi connectivity index (χ0) is 17.2. The quantitative estimate of drug-likeness (QED) is 0.891. The number of carbonyl (C=O) groups excluding carboxylic acids is 1. The van der Waals surface area contributed by atoms with Crippen LogP contribution in [0.15, 0.2) is 18.2 Å². The number of halogens is 2. The third-order valence-corrected chi connectivity index (χ3v) is 4.07. The Morgan fingerprint density at radius 3 is 2.83 bits per heavy atom.